The monoisotopic (exact) mass is 530 g/mol. The number of aromatic hydroxyl groups is 1. The number of benzene rings is 1. The van der Waals surface area contributed by atoms with Gasteiger partial charge in [0.1, 0.15) is 29.9 Å². The van der Waals surface area contributed by atoms with Gasteiger partial charge < -0.3 is 37.0 Å². The Balaban J connectivity index is 3.06. The molecule has 35 heavy (non-hydrogen) atoms. The molecule has 0 aliphatic heterocycles. The first kappa shape index (κ1) is 30.6. The lowest BCUT2D eigenvalue weighted by atomic mass is 10.0. The number of nitrogens with one attached hydrogen (secondary N) is 3. The number of aliphatic hydroxyl groups excluding tert-OH is 1. The van der Waals surface area contributed by atoms with Crippen LogP contribution in [0.25, 0.3) is 0 Å². The third-order valence-electron chi connectivity index (χ3n) is 5.01. The highest BCUT2D eigenvalue weighted by atomic mass is 32.2. The topological polar surface area (TPSA) is 191 Å². The number of carbonyl (C=O) groups excluding carboxylic acids is 3. The summed E-state index contributed by atoms with van der Waals surface area (Å²) >= 11 is 2.91. The van der Waals surface area contributed by atoms with Gasteiger partial charge in [-0.05, 0) is 54.6 Å². The molecule has 0 spiro atoms. The van der Waals surface area contributed by atoms with Crippen LogP contribution in [0.3, 0.4) is 0 Å². The van der Waals surface area contributed by atoms with Gasteiger partial charge in [-0.2, -0.15) is 23.5 Å². The van der Waals surface area contributed by atoms with Gasteiger partial charge in [0.05, 0.1) is 6.61 Å². The molecule has 1 rings (SSSR count). The molecule has 8 N–H and O–H groups in total. The zero-order valence-corrected chi connectivity index (χ0v) is 21.4. The number of phenols is 1. The fourth-order valence-electron chi connectivity index (χ4n) is 2.98. The van der Waals surface area contributed by atoms with Gasteiger partial charge in [-0.1, -0.05) is 12.1 Å². The van der Waals surface area contributed by atoms with Crippen LogP contribution in [0.4, 0.5) is 0 Å². The van der Waals surface area contributed by atoms with Gasteiger partial charge in [0.2, 0.25) is 17.7 Å². The van der Waals surface area contributed by atoms with Crippen LogP contribution in [0.5, 0.6) is 5.75 Å². The van der Waals surface area contributed by atoms with E-state index >= 15 is 0 Å². The first-order valence-corrected chi connectivity index (χ1v) is 13.7. The summed E-state index contributed by atoms with van der Waals surface area (Å²) in [5.74, 6) is -2.14. The van der Waals surface area contributed by atoms with Crippen LogP contribution < -0.4 is 21.7 Å². The van der Waals surface area contributed by atoms with Crippen molar-refractivity contribution in [1.82, 2.24) is 16.0 Å². The van der Waals surface area contributed by atoms with E-state index in [1.54, 1.807) is 12.1 Å². The largest absolute Gasteiger partial charge is 0.508 e. The first-order chi connectivity index (χ1) is 16.6. The summed E-state index contributed by atoms with van der Waals surface area (Å²) in [5, 5.41) is 35.7. The second kappa shape index (κ2) is 16.2. The van der Waals surface area contributed by atoms with Crippen LogP contribution in [0.15, 0.2) is 24.3 Å². The highest BCUT2D eigenvalue weighted by Crippen LogP contribution is 2.12. The molecule has 0 aliphatic carbocycles. The van der Waals surface area contributed by atoms with Crippen molar-refractivity contribution in [2.24, 2.45) is 5.73 Å². The molecule has 0 fully saturated rings. The van der Waals surface area contributed by atoms with Gasteiger partial charge in [-0.25, -0.2) is 4.79 Å². The fraction of sp³-hybridized carbons (Fsp3) is 0.545. The summed E-state index contributed by atoms with van der Waals surface area (Å²) in [4.78, 5) is 49.8. The van der Waals surface area contributed by atoms with Crippen molar-refractivity contribution in [3.8, 4) is 5.75 Å². The third-order valence-corrected chi connectivity index (χ3v) is 6.30. The second-order valence-corrected chi connectivity index (χ2v) is 9.72. The molecule has 196 valence electrons. The predicted octanol–water partition coefficient (Wildman–Crippen LogP) is -0.700. The number of carboxylic acids is 1. The minimum absolute atomic E-state index is 0.0261. The summed E-state index contributed by atoms with van der Waals surface area (Å²) in [6.45, 7) is -0.620. The van der Waals surface area contributed by atoms with Crippen molar-refractivity contribution < 1.29 is 34.5 Å². The average Bonchev–Trinajstić information content (AvgIpc) is 2.83. The molecule has 4 unspecified atom stereocenters. The Kier molecular flexibility index (Phi) is 14.2. The Bertz CT molecular complexity index is 842. The van der Waals surface area contributed by atoms with Crippen LogP contribution >= 0.6 is 23.5 Å². The molecule has 0 heterocycles. The van der Waals surface area contributed by atoms with Crippen molar-refractivity contribution in [2.45, 2.75) is 43.4 Å². The lowest BCUT2D eigenvalue weighted by Gasteiger charge is -2.25. The maximum absolute atomic E-state index is 13.1. The molecule has 1 aromatic carbocycles. The molecule has 0 radical (unpaired) electrons. The van der Waals surface area contributed by atoms with E-state index in [0.29, 0.717) is 17.1 Å². The lowest BCUT2D eigenvalue weighted by Crippen LogP contribution is -2.58. The minimum Gasteiger partial charge on any atom is -0.508 e. The van der Waals surface area contributed by atoms with Gasteiger partial charge in [0, 0.05) is 6.42 Å². The Morgan fingerprint density at radius 3 is 1.86 bits per heavy atom. The van der Waals surface area contributed by atoms with E-state index in [4.69, 9.17) is 10.8 Å². The van der Waals surface area contributed by atoms with Crippen LogP contribution in [0, 0.1) is 0 Å². The summed E-state index contributed by atoms with van der Waals surface area (Å²) in [5.41, 5.74) is 6.18. The van der Waals surface area contributed by atoms with Crippen LogP contribution in [0.2, 0.25) is 0 Å². The molecule has 11 nitrogen and oxygen atoms in total. The van der Waals surface area contributed by atoms with Crippen LogP contribution in [0.1, 0.15) is 18.4 Å². The summed E-state index contributed by atoms with van der Waals surface area (Å²) in [6.07, 6.45) is 4.15. The Morgan fingerprint density at radius 1 is 0.857 bits per heavy atom. The summed E-state index contributed by atoms with van der Waals surface area (Å²) < 4.78 is 0. The van der Waals surface area contributed by atoms with E-state index in [0.717, 1.165) is 0 Å². The number of thioether (sulfide) groups is 2. The average molecular weight is 531 g/mol. The van der Waals surface area contributed by atoms with Crippen molar-refractivity contribution in [1.29, 1.82) is 0 Å². The van der Waals surface area contributed by atoms with Gasteiger partial charge in [-0.15, -0.1) is 0 Å². The Labute approximate surface area is 213 Å². The van der Waals surface area contributed by atoms with Gasteiger partial charge in [0.15, 0.2) is 0 Å². The van der Waals surface area contributed by atoms with Gasteiger partial charge >= 0.3 is 5.97 Å². The number of amides is 3. The summed E-state index contributed by atoms with van der Waals surface area (Å²) in [7, 11) is 0. The highest BCUT2D eigenvalue weighted by molar-refractivity contribution is 7.98. The number of nitrogens with two attached hydrogens (primary N) is 1. The van der Waals surface area contributed by atoms with E-state index < -0.39 is 54.5 Å². The maximum atomic E-state index is 13.1. The fourth-order valence-corrected chi connectivity index (χ4v) is 3.92. The molecule has 13 heteroatoms. The van der Waals surface area contributed by atoms with Crippen LogP contribution in [-0.4, -0.2) is 93.8 Å². The molecule has 4 atom stereocenters. The smallest absolute Gasteiger partial charge is 0.326 e. The Morgan fingerprint density at radius 2 is 1.34 bits per heavy atom. The molecule has 0 saturated heterocycles. The predicted molar refractivity (Wildman–Crippen MR) is 136 cm³/mol. The Hall–Kier alpha value is -2.48. The molecule has 0 aliphatic rings. The molecule has 0 bridgehead atoms. The number of hydrogen-bond donors (Lipinski definition) is 7. The van der Waals surface area contributed by atoms with Gasteiger partial charge in [-0.3, -0.25) is 14.4 Å². The van der Waals surface area contributed by atoms with Crippen molar-refractivity contribution in [3.05, 3.63) is 29.8 Å². The maximum Gasteiger partial charge on any atom is 0.326 e. The van der Waals surface area contributed by atoms with Crippen LogP contribution in [-0.2, 0) is 25.6 Å². The highest BCUT2D eigenvalue weighted by Gasteiger charge is 2.30. The van der Waals surface area contributed by atoms with E-state index in [1.807, 2.05) is 12.5 Å². The van der Waals surface area contributed by atoms with Crippen molar-refractivity contribution >= 4 is 47.2 Å². The summed E-state index contributed by atoms with van der Waals surface area (Å²) in [6, 6.07) is 1.51. The molecule has 3 amide bonds. The third kappa shape index (κ3) is 11.2. The SMILES string of the molecule is CSCCC(NC(=O)C(CCSC)NC(=O)C(Cc1ccc(O)cc1)NC(=O)C(N)CO)C(=O)O. The standard InChI is InChI=1S/C22H34N4O7S2/c1-34-9-7-16(20(30)25-17(22(32)33)8-10-35-2)24-21(31)18(26-19(29)15(23)12-27)11-13-3-5-14(28)6-4-13/h3-6,15-18,27-28H,7-12,23H2,1-2H3,(H,24,31)(H,25,30)(H,26,29)(H,32,33). The number of aliphatic carboxylic acids is 1. The van der Waals surface area contributed by atoms with E-state index in [9.17, 15) is 29.4 Å². The molecule has 0 saturated carbocycles. The van der Waals surface area contributed by atoms with Crippen molar-refractivity contribution in [2.75, 3.05) is 30.6 Å². The number of aliphatic hydroxyl groups is 1. The first-order valence-electron chi connectivity index (χ1n) is 10.9. The molecular formula is C22H34N4O7S2. The molecular weight excluding hydrogens is 496 g/mol. The van der Waals surface area contributed by atoms with E-state index in [2.05, 4.69) is 16.0 Å². The zero-order valence-electron chi connectivity index (χ0n) is 19.7. The zero-order chi connectivity index (χ0) is 26.4. The van der Waals surface area contributed by atoms with E-state index in [-0.39, 0.29) is 25.0 Å². The van der Waals surface area contributed by atoms with Gasteiger partial charge in [0.25, 0.3) is 0 Å². The number of hydrogen-bond acceptors (Lipinski definition) is 9. The minimum atomic E-state index is -1.24. The number of rotatable bonds is 16. The van der Waals surface area contributed by atoms with Crippen molar-refractivity contribution in [3.63, 3.8) is 0 Å². The van der Waals surface area contributed by atoms with E-state index in [1.165, 1.54) is 35.7 Å². The lowest BCUT2D eigenvalue weighted by molar-refractivity contribution is -0.142. The number of phenolic OH excluding ortho intramolecular Hbond substituents is 1. The quantitative estimate of drug-likeness (QED) is 0.144. The second-order valence-electron chi connectivity index (χ2n) is 7.74. The molecule has 0 aromatic heterocycles. The number of carboxylic acid groups (broad SMARTS) is 1. The normalized spacial score (nSPS) is 14.3. The molecule has 1 aromatic rings. The number of carbonyl (C=O) groups is 4.